The third-order valence-electron chi connectivity index (χ3n) is 2.36. The van der Waals surface area contributed by atoms with Gasteiger partial charge in [0.1, 0.15) is 6.10 Å². The first kappa shape index (κ1) is 9.93. The molecule has 0 bridgehead atoms. The highest BCUT2D eigenvalue weighted by Crippen LogP contribution is 2.26. The van der Waals surface area contributed by atoms with E-state index in [-0.39, 0.29) is 12.1 Å². The number of carbonyl (C=O) groups is 1. The zero-order valence-electron chi connectivity index (χ0n) is 8.47. The van der Waals surface area contributed by atoms with E-state index in [4.69, 9.17) is 9.47 Å². The lowest BCUT2D eigenvalue weighted by molar-refractivity contribution is 0.0591. The van der Waals surface area contributed by atoms with Crippen LogP contribution in [0, 0.1) is 0 Å². The minimum Gasteiger partial charge on any atom is -0.465 e. The van der Waals surface area contributed by atoms with Gasteiger partial charge in [0.25, 0.3) is 0 Å². The molecule has 0 spiro atoms. The zero-order chi connectivity index (χ0) is 10.7. The van der Waals surface area contributed by atoms with Crippen LogP contribution in [0.15, 0.2) is 36.4 Å². The van der Waals surface area contributed by atoms with Crippen LogP contribution < -0.4 is 0 Å². The molecule has 1 aromatic rings. The van der Waals surface area contributed by atoms with Crippen LogP contribution in [-0.2, 0) is 9.47 Å². The number of benzene rings is 1. The Kier molecular flexibility index (Phi) is 2.83. The van der Waals surface area contributed by atoms with Crippen molar-refractivity contribution in [1.82, 2.24) is 0 Å². The summed E-state index contributed by atoms with van der Waals surface area (Å²) in [5.41, 5.74) is 1.43. The van der Waals surface area contributed by atoms with Crippen LogP contribution in [0.4, 0.5) is 0 Å². The summed E-state index contributed by atoms with van der Waals surface area (Å²) in [5.74, 6) is -0.325. The van der Waals surface area contributed by atoms with Gasteiger partial charge < -0.3 is 9.47 Å². The third kappa shape index (κ3) is 1.92. The molecule has 1 aliphatic heterocycles. The molecule has 0 radical (unpaired) electrons. The SMILES string of the molecule is COC(=O)c1ccccc1C1C=CCO1. The molecule has 78 valence electrons. The fraction of sp³-hybridized carbons (Fsp3) is 0.250. The van der Waals surface area contributed by atoms with Crippen LogP contribution in [0.2, 0.25) is 0 Å². The van der Waals surface area contributed by atoms with Crippen molar-refractivity contribution < 1.29 is 14.3 Å². The molecule has 1 aromatic carbocycles. The molecule has 1 heterocycles. The number of methoxy groups -OCH3 is 1. The van der Waals surface area contributed by atoms with E-state index < -0.39 is 0 Å². The fourth-order valence-electron chi connectivity index (χ4n) is 1.63. The van der Waals surface area contributed by atoms with Crippen molar-refractivity contribution >= 4 is 5.97 Å². The smallest absolute Gasteiger partial charge is 0.338 e. The highest BCUT2D eigenvalue weighted by Gasteiger charge is 2.19. The van der Waals surface area contributed by atoms with Gasteiger partial charge in [-0.1, -0.05) is 30.4 Å². The number of ether oxygens (including phenoxy) is 2. The molecule has 0 aliphatic carbocycles. The monoisotopic (exact) mass is 204 g/mol. The quantitative estimate of drug-likeness (QED) is 0.546. The van der Waals surface area contributed by atoms with Crippen LogP contribution >= 0.6 is 0 Å². The summed E-state index contributed by atoms with van der Waals surface area (Å²) in [6, 6.07) is 7.33. The van der Waals surface area contributed by atoms with E-state index in [0.717, 1.165) is 5.56 Å². The average molecular weight is 204 g/mol. The summed E-state index contributed by atoms with van der Waals surface area (Å²) in [4.78, 5) is 11.5. The van der Waals surface area contributed by atoms with Crippen molar-refractivity contribution in [2.24, 2.45) is 0 Å². The van der Waals surface area contributed by atoms with Crippen LogP contribution in [0.3, 0.4) is 0 Å². The molecule has 0 fully saturated rings. The zero-order valence-corrected chi connectivity index (χ0v) is 8.47. The summed E-state index contributed by atoms with van der Waals surface area (Å²) in [5, 5.41) is 0. The predicted molar refractivity (Wildman–Crippen MR) is 55.6 cm³/mol. The van der Waals surface area contributed by atoms with Gasteiger partial charge in [0.15, 0.2) is 0 Å². The molecule has 2 rings (SSSR count). The Bertz CT molecular complexity index is 396. The molecule has 1 atom stereocenters. The van der Waals surface area contributed by atoms with Crippen molar-refractivity contribution in [3.05, 3.63) is 47.5 Å². The normalized spacial score (nSPS) is 19.1. The fourth-order valence-corrected chi connectivity index (χ4v) is 1.63. The van der Waals surface area contributed by atoms with E-state index in [9.17, 15) is 4.79 Å². The van der Waals surface area contributed by atoms with Gasteiger partial charge in [-0.2, -0.15) is 0 Å². The maximum absolute atomic E-state index is 11.5. The van der Waals surface area contributed by atoms with E-state index >= 15 is 0 Å². The first-order valence-electron chi connectivity index (χ1n) is 4.78. The second-order valence-electron chi connectivity index (χ2n) is 3.26. The number of esters is 1. The largest absolute Gasteiger partial charge is 0.465 e. The summed E-state index contributed by atoms with van der Waals surface area (Å²) >= 11 is 0. The Balaban J connectivity index is 2.37. The Labute approximate surface area is 88.3 Å². The van der Waals surface area contributed by atoms with Crippen LogP contribution in [0.1, 0.15) is 22.0 Å². The molecule has 1 unspecified atom stereocenters. The first-order chi connectivity index (χ1) is 7.33. The number of carbonyl (C=O) groups excluding carboxylic acids is 1. The maximum Gasteiger partial charge on any atom is 0.338 e. The van der Waals surface area contributed by atoms with E-state index in [1.54, 1.807) is 6.07 Å². The third-order valence-corrected chi connectivity index (χ3v) is 2.36. The Morgan fingerprint density at radius 2 is 2.27 bits per heavy atom. The molecule has 0 aromatic heterocycles. The molecule has 3 heteroatoms. The topological polar surface area (TPSA) is 35.5 Å². The first-order valence-corrected chi connectivity index (χ1v) is 4.78. The van der Waals surface area contributed by atoms with E-state index in [1.165, 1.54) is 7.11 Å². The summed E-state index contributed by atoms with van der Waals surface area (Å²) in [6.07, 6.45) is 3.76. The molecule has 0 saturated carbocycles. The van der Waals surface area contributed by atoms with Crippen LogP contribution in [0.5, 0.6) is 0 Å². The molecule has 0 saturated heterocycles. The van der Waals surface area contributed by atoms with Gasteiger partial charge >= 0.3 is 5.97 Å². The Morgan fingerprint density at radius 3 is 2.93 bits per heavy atom. The number of rotatable bonds is 2. The standard InChI is InChI=1S/C12H12O3/c1-14-12(13)10-6-3-2-5-9(10)11-7-4-8-15-11/h2-7,11H,8H2,1H3. The minimum absolute atomic E-state index is 0.125. The minimum atomic E-state index is -0.325. The molecular weight excluding hydrogens is 192 g/mol. The van der Waals surface area contributed by atoms with Gasteiger partial charge in [-0.15, -0.1) is 0 Å². The molecule has 15 heavy (non-hydrogen) atoms. The lowest BCUT2D eigenvalue weighted by Gasteiger charge is -2.12. The lowest BCUT2D eigenvalue weighted by atomic mass is 10.0. The van der Waals surface area contributed by atoms with Gasteiger partial charge in [-0.3, -0.25) is 0 Å². The number of hydrogen-bond donors (Lipinski definition) is 0. The van der Waals surface area contributed by atoms with Gasteiger partial charge in [0.05, 0.1) is 19.3 Å². The molecular formula is C12H12O3. The molecule has 1 aliphatic rings. The van der Waals surface area contributed by atoms with Crippen molar-refractivity contribution in [2.75, 3.05) is 13.7 Å². The van der Waals surface area contributed by atoms with Crippen LogP contribution in [-0.4, -0.2) is 19.7 Å². The van der Waals surface area contributed by atoms with Gasteiger partial charge in [-0.25, -0.2) is 4.79 Å². The Morgan fingerprint density at radius 1 is 1.47 bits per heavy atom. The second-order valence-corrected chi connectivity index (χ2v) is 3.26. The van der Waals surface area contributed by atoms with Crippen molar-refractivity contribution in [1.29, 1.82) is 0 Å². The average Bonchev–Trinajstić information content (AvgIpc) is 2.81. The second kappa shape index (κ2) is 4.28. The maximum atomic E-state index is 11.5. The summed E-state index contributed by atoms with van der Waals surface area (Å²) in [6.45, 7) is 0.597. The summed E-state index contributed by atoms with van der Waals surface area (Å²) < 4.78 is 10.2. The highest BCUT2D eigenvalue weighted by atomic mass is 16.5. The Hall–Kier alpha value is -1.61. The van der Waals surface area contributed by atoms with Gasteiger partial charge in [-0.05, 0) is 11.6 Å². The van der Waals surface area contributed by atoms with Crippen molar-refractivity contribution in [3.8, 4) is 0 Å². The number of hydrogen-bond acceptors (Lipinski definition) is 3. The van der Waals surface area contributed by atoms with Crippen LogP contribution in [0.25, 0.3) is 0 Å². The van der Waals surface area contributed by atoms with Crippen molar-refractivity contribution in [2.45, 2.75) is 6.10 Å². The molecule has 0 N–H and O–H groups in total. The molecule has 0 amide bonds. The summed E-state index contributed by atoms with van der Waals surface area (Å²) in [7, 11) is 1.38. The highest BCUT2D eigenvalue weighted by molar-refractivity contribution is 5.91. The van der Waals surface area contributed by atoms with Gasteiger partial charge in [0, 0.05) is 0 Å². The molecule has 3 nitrogen and oxygen atoms in total. The van der Waals surface area contributed by atoms with E-state index in [2.05, 4.69) is 0 Å². The van der Waals surface area contributed by atoms with Crippen molar-refractivity contribution in [3.63, 3.8) is 0 Å². The predicted octanol–water partition coefficient (Wildman–Crippen LogP) is 2.10. The lowest BCUT2D eigenvalue weighted by Crippen LogP contribution is -2.08. The van der Waals surface area contributed by atoms with E-state index in [0.29, 0.717) is 12.2 Å². The van der Waals surface area contributed by atoms with E-state index in [1.807, 2.05) is 30.4 Å². The van der Waals surface area contributed by atoms with Gasteiger partial charge in [0.2, 0.25) is 0 Å².